The Morgan fingerprint density at radius 1 is 0.909 bits per heavy atom. The normalized spacial score (nSPS) is 40.7. The summed E-state index contributed by atoms with van der Waals surface area (Å²) in [4.78, 5) is 76.1. The highest BCUT2D eigenvalue weighted by Crippen LogP contribution is 2.59. The molecule has 0 radical (unpaired) electrons. The van der Waals surface area contributed by atoms with E-state index in [2.05, 4.69) is 6.58 Å². The van der Waals surface area contributed by atoms with Crippen molar-refractivity contribution in [1.82, 2.24) is 0 Å². The van der Waals surface area contributed by atoms with E-state index in [9.17, 15) is 33.9 Å². The summed E-state index contributed by atoms with van der Waals surface area (Å²) in [7, 11) is 0. The van der Waals surface area contributed by atoms with Crippen LogP contribution in [0, 0.1) is 17.3 Å². The quantitative estimate of drug-likeness (QED) is 0.262. The van der Waals surface area contributed by atoms with Crippen LogP contribution in [0.15, 0.2) is 24.3 Å². The lowest BCUT2D eigenvalue weighted by atomic mass is 9.51. The van der Waals surface area contributed by atoms with E-state index in [1.165, 1.54) is 32.9 Å². The molecule has 3 aliphatic rings. The van der Waals surface area contributed by atoms with Gasteiger partial charge in [-0.05, 0) is 25.5 Å². The number of carbonyl (C=O) groups excluding carboxylic acids is 6. The summed E-state index contributed by atoms with van der Waals surface area (Å²) in [6.07, 6.45) is -4.88. The molecule has 13 nitrogen and oxygen atoms in total. The molecule has 0 bridgehead atoms. The van der Waals surface area contributed by atoms with Crippen LogP contribution in [0.3, 0.4) is 0 Å². The zero-order chi connectivity index (χ0) is 33.5. The third kappa shape index (κ3) is 6.08. The second-order valence-corrected chi connectivity index (χ2v) is 12.4. The van der Waals surface area contributed by atoms with Gasteiger partial charge in [0, 0.05) is 41.0 Å². The van der Waals surface area contributed by atoms with Crippen molar-refractivity contribution in [2.24, 2.45) is 17.3 Å². The maximum atomic E-state index is 13.1. The van der Waals surface area contributed by atoms with Crippen molar-refractivity contribution in [3.63, 3.8) is 0 Å². The number of allylic oxidation sites excluding steroid dienone is 1. The van der Waals surface area contributed by atoms with E-state index in [1.54, 1.807) is 0 Å². The molecule has 3 rings (SSSR count). The summed E-state index contributed by atoms with van der Waals surface area (Å²) in [6, 6.07) is 0. The Morgan fingerprint density at radius 2 is 1.43 bits per heavy atom. The van der Waals surface area contributed by atoms with Crippen LogP contribution in [0.5, 0.6) is 0 Å². The van der Waals surface area contributed by atoms with Crippen LogP contribution in [-0.2, 0) is 57.2 Å². The summed E-state index contributed by atoms with van der Waals surface area (Å²) in [5.74, 6) is -7.93. The van der Waals surface area contributed by atoms with Crippen LogP contribution in [0.2, 0.25) is 0 Å². The lowest BCUT2D eigenvalue weighted by Gasteiger charge is -2.61. The topological polar surface area (TPSA) is 178 Å². The van der Waals surface area contributed by atoms with Crippen LogP contribution < -0.4 is 0 Å². The molecule has 0 aromatic carbocycles. The van der Waals surface area contributed by atoms with Gasteiger partial charge in [0.05, 0.1) is 22.6 Å². The van der Waals surface area contributed by atoms with Gasteiger partial charge < -0.3 is 33.5 Å². The number of hydrogen-bond acceptors (Lipinski definition) is 13. The highest BCUT2D eigenvalue weighted by atomic mass is 35.5. The lowest BCUT2D eigenvalue weighted by molar-refractivity contribution is -0.291. The summed E-state index contributed by atoms with van der Waals surface area (Å²) >= 11 is 6.75. The van der Waals surface area contributed by atoms with E-state index < -0.39 is 100 Å². The van der Waals surface area contributed by atoms with E-state index in [1.807, 2.05) is 0 Å². The highest BCUT2D eigenvalue weighted by Gasteiger charge is 2.75. The molecule has 1 N–H and O–H groups in total. The van der Waals surface area contributed by atoms with Crippen LogP contribution in [0.25, 0.3) is 0 Å². The van der Waals surface area contributed by atoms with Crippen LogP contribution in [0.1, 0.15) is 61.8 Å². The van der Waals surface area contributed by atoms with Gasteiger partial charge in [0.15, 0.2) is 17.3 Å². The molecule has 14 heteroatoms. The van der Waals surface area contributed by atoms with Crippen LogP contribution >= 0.6 is 11.6 Å². The maximum Gasteiger partial charge on any atom is 0.312 e. The summed E-state index contributed by atoms with van der Waals surface area (Å²) in [5.41, 5.74) is -6.03. The number of aliphatic hydroxyl groups is 1. The largest absolute Gasteiger partial charge is 0.462 e. The van der Waals surface area contributed by atoms with Gasteiger partial charge in [0.1, 0.15) is 24.4 Å². The highest BCUT2D eigenvalue weighted by molar-refractivity contribution is 6.23. The fourth-order valence-corrected chi connectivity index (χ4v) is 7.31. The molecule has 1 heterocycles. The average Bonchev–Trinajstić information content (AvgIpc) is 3.11. The number of alkyl halides is 1. The first-order valence-corrected chi connectivity index (χ1v) is 14.5. The monoisotopic (exact) mass is 642 g/mol. The van der Waals surface area contributed by atoms with E-state index >= 15 is 0 Å². The van der Waals surface area contributed by atoms with Gasteiger partial charge in [-0.1, -0.05) is 19.6 Å². The van der Waals surface area contributed by atoms with Gasteiger partial charge in [0.25, 0.3) is 0 Å². The molecule has 0 aromatic heterocycles. The molecular formula is C30H39ClO13. The fraction of sp³-hybridized carbons (Fsp3) is 0.667. The first-order valence-electron chi connectivity index (χ1n) is 14.0. The third-order valence-corrected chi connectivity index (χ3v) is 9.35. The smallest absolute Gasteiger partial charge is 0.312 e. The average molecular weight is 643 g/mol. The van der Waals surface area contributed by atoms with Crippen molar-refractivity contribution in [2.75, 3.05) is 0 Å². The molecule has 2 aliphatic carbocycles. The van der Waals surface area contributed by atoms with Crippen molar-refractivity contribution in [1.29, 1.82) is 0 Å². The molecule has 244 valence electrons. The van der Waals surface area contributed by atoms with Gasteiger partial charge in [-0.15, -0.1) is 11.6 Å². The Labute approximate surface area is 260 Å². The van der Waals surface area contributed by atoms with Gasteiger partial charge in [-0.25, -0.2) is 0 Å². The standard InChI is InChI=1S/C30H39ClO13/c1-13-10-11-20(39-15(3)32)28(8)21(40-16(4)33)12-22(41-17(5)34)29(9,44-19(7)36)24(28)26(42-18(6)35)30(38)14(2)27(37)43-25(30)23(13)31/h10-11,14,20-26,38H,1,12H2,2-9H3/b11-10-/t14-,20+,21-,22+,23-,24?,25-,26+,28-,29+,30-/m0/s1. The molecule has 0 spiro atoms. The van der Waals surface area contributed by atoms with Crippen molar-refractivity contribution >= 4 is 47.4 Å². The second-order valence-electron chi connectivity index (χ2n) is 11.9. The van der Waals surface area contributed by atoms with Gasteiger partial charge >= 0.3 is 35.8 Å². The Morgan fingerprint density at radius 3 is 1.93 bits per heavy atom. The Kier molecular flexibility index (Phi) is 9.96. The number of rotatable bonds is 5. The predicted octanol–water partition coefficient (Wildman–Crippen LogP) is 2.09. The SMILES string of the molecule is C=C1/C=C\[C@@H](OC(C)=O)[C@]2(C)C([C@@H](OC(C)=O)[C@]3(O)[C@@H](C)C(=O)O[C@H]3[C@H]1Cl)[C@](C)(OC(C)=O)[C@H](OC(C)=O)C[C@@H]2OC(C)=O. The second kappa shape index (κ2) is 12.5. The first-order chi connectivity index (χ1) is 20.2. The van der Waals surface area contributed by atoms with E-state index in [0.29, 0.717) is 0 Å². The molecule has 1 unspecified atom stereocenters. The van der Waals surface area contributed by atoms with Crippen molar-refractivity contribution in [2.45, 2.75) is 109 Å². The number of ether oxygens (including phenoxy) is 6. The molecule has 1 aliphatic heterocycles. The van der Waals surface area contributed by atoms with Gasteiger partial charge in [0.2, 0.25) is 0 Å². The number of fused-ring (bicyclic) bond motifs is 2. The lowest BCUT2D eigenvalue weighted by Crippen LogP contribution is -2.75. The molecule has 44 heavy (non-hydrogen) atoms. The molecule has 1 saturated heterocycles. The molecule has 0 aromatic rings. The zero-order valence-corrected chi connectivity index (χ0v) is 26.7. The summed E-state index contributed by atoms with van der Waals surface area (Å²) in [6.45, 7) is 13.7. The third-order valence-electron chi connectivity index (χ3n) is 8.84. The summed E-state index contributed by atoms with van der Waals surface area (Å²) < 4.78 is 34.6. The molecule has 11 atom stereocenters. The molecule has 1 saturated carbocycles. The van der Waals surface area contributed by atoms with Crippen LogP contribution in [0.4, 0.5) is 0 Å². The molecule has 0 amide bonds. The Hall–Kier alpha value is -3.45. The number of hydrogen-bond donors (Lipinski definition) is 1. The van der Waals surface area contributed by atoms with E-state index in [-0.39, 0.29) is 12.0 Å². The fourth-order valence-electron chi connectivity index (χ4n) is 6.98. The van der Waals surface area contributed by atoms with Gasteiger partial charge in [-0.2, -0.15) is 0 Å². The minimum Gasteiger partial charge on any atom is -0.462 e. The Balaban J connectivity index is 2.59. The first kappa shape index (κ1) is 35.0. The van der Waals surface area contributed by atoms with Crippen molar-refractivity contribution in [3.8, 4) is 0 Å². The van der Waals surface area contributed by atoms with Crippen LogP contribution in [-0.4, -0.2) is 88.0 Å². The maximum absolute atomic E-state index is 13.1. The molecular weight excluding hydrogens is 604 g/mol. The number of halogens is 1. The predicted molar refractivity (Wildman–Crippen MR) is 151 cm³/mol. The minimum absolute atomic E-state index is 0.137. The summed E-state index contributed by atoms with van der Waals surface area (Å²) in [5, 5.41) is 11.4. The minimum atomic E-state index is -2.45. The van der Waals surface area contributed by atoms with Crippen molar-refractivity contribution < 1.29 is 62.3 Å². The van der Waals surface area contributed by atoms with Crippen molar-refractivity contribution in [3.05, 3.63) is 24.3 Å². The molecule has 2 fully saturated rings. The Bertz CT molecular complexity index is 1280. The number of esters is 6. The zero-order valence-electron chi connectivity index (χ0n) is 25.9. The van der Waals surface area contributed by atoms with Gasteiger partial charge in [-0.3, -0.25) is 28.8 Å². The van der Waals surface area contributed by atoms with E-state index in [4.69, 9.17) is 40.0 Å². The number of carbonyl (C=O) groups is 6. The van der Waals surface area contributed by atoms with E-state index in [0.717, 1.165) is 34.6 Å².